The Morgan fingerprint density at radius 2 is 2.27 bits per heavy atom. The lowest BCUT2D eigenvalue weighted by Crippen LogP contribution is -2.20. The standard InChI is InChI=1S/C12H18FNO/c1-10(14-8-4-7-13)11-5-3-6-12(9-11)15-2/h3,5-6,9-10,14H,4,7-8H2,1-2H3/t10-/m0/s1. The Morgan fingerprint density at radius 1 is 1.47 bits per heavy atom. The van der Waals surface area contributed by atoms with Crippen molar-refractivity contribution < 1.29 is 9.13 Å². The van der Waals surface area contributed by atoms with Crippen LogP contribution in [-0.2, 0) is 0 Å². The third-order valence-corrected chi connectivity index (χ3v) is 2.35. The Kier molecular flexibility index (Phi) is 5.12. The lowest BCUT2D eigenvalue weighted by Gasteiger charge is -2.14. The first-order chi connectivity index (χ1) is 7.27. The summed E-state index contributed by atoms with van der Waals surface area (Å²) in [6.45, 7) is 2.50. The number of hydrogen-bond donors (Lipinski definition) is 1. The molecule has 0 bridgehead atoms. The second kappa shape index (κ2) is 6.40. The van der Waals surface area contributed by atoms with Crippen LogP contribution < -0.4 is 10.1 Å². The van der Waals surface area contributed by atoms with Crippen LogP contribution in [0.3, 0.4) is 0 Å². The molecule has 1 aromatic rings. The summed E-state index contributed by atoms with van der Waals surface area (Å²) in [5.41, 5.74) is 1.16. The highest BCUT2D eigenvalue weighted by Crippen LogP contribution is 2.18. The Bertz CT molecular complexity index is 291. The zero-order valence-electron chi connectivity index (χ0n) is 9.29. The third-order valence-electron chi connectivity index (χ3n) is 2.35. The van der Waals surface area contributed by atoms with Gasteiger partial charge in [-0.05, 0) is 37.6 Å². The first kappa shape index (κ1) is 12.0. The summed E-state index contributed by atoms with van der Waals surface area (Å²) in [6.07, 6.45) is 0.564. The Labute approximate surface area is 90.4 Å². The molecule has 1 N–H and O–H groups in total. The molecule has 84 valence electrons. The SMILES string of the molecule is COc1cccc([C@H](C)NCCCF)c1. The van der Waals surface area contributed by atoms with Crippen LogP contribution in [0.25, 0.3) is 0 Å². The van der Waals surface area contributed by atoms with E-state index in [1.807, 2.05) is 24.3 Å². The number of benzene rings is 1. The van der Waals surface area contributed by atoms with Crippen molar-refractivity contribution in [2.24, 2.45) is 0 Å². The van der Waals surface area contributed by atoms with Crippen molar-refractivity contribution in [2.45, 2.75) is 19.4 Å². The van der Waals surface area contributed by atoms with E-state index in [9.17, 15) is 4.39 Å². The number of ether oxygens (including phenoxy) is 1. The average molecular weight is 211 g/mol. The minimum atomic E-state index is -0.266. The number of methoxy groups -OCH3 is 1. The molecule has 0 spiro atoms. The molecule has 1 atom stereocenters. The fourth-order valence-corrected chi connectivity index (χ4v) is 1.41. The van der Waals surface area contributed by atoms with Crippen molar-refractivity contribution in [3.63, 3.8) is 0 Å². The number of halogens is 1. The van der Waals surface area contributed by atoms with E-state index in [1.54, 1.807) is 7.11 Å². The zero-order valence-corrected chi connectivity index (χ0v) is 9.29. The Hall–Kier alpha value is -1.09. The van der Waals surface area contributed by atoms with E-state index in [1.165, 1.54) is 0 Å². The predicted molar refractivity (Wildman–Crippen MR) is 60.0 cm³/mol. The molecule has 0 unspecified atom stereocenters. The van der Waals surface area contributed by atoms with Gasteiger partial charge in [-0.2, -0.15) is 0 Å². The van der Waals surface area contributed by atoms with Gasteiger partial charge in [-0.3, -0.25) is 4.39 Å². The average Bonchev–Trinajstić information content (AvgIpc) is 2.29. The normalized spacial score (nSPS) is 12.5. The van der Waals surface area contributed by atoms with Crippen molar-refractivity contribution in [3.05, 3.63) is 29.8 Å². The van der Waals surface area contributed by atoms with Crippen LogP contribution in [-0.4, -0.2) is 20.3 Å². The fraction of sp³-hybridized carbons (Fsp3) is 0.500. The molecule has 0 aliphatic heterocycles. The number of nitrogens with one attached hydrogen (secondary N) is 1. The van der Waals surface area contributed by atoms with Gasteiger partial charge in [0.25, 0.3) is 0 Å². The summed E-state index contributed by atoms with van der Waals surface area (Å²) in [5, 5.41) is 3.26. The molecule has 2 nitrogen and oxygen atoms in total. The van der Waals surface area contributed by atoms with E-state index < -0.39 is 0 Å². The summed E-state index contributed by atoms with van der Waals surface area (Å²) in [5.74, 6) is 0.853. The van der Waals surface area contributed by atoms with Gasteiger partial charge in [0.15, 0.2) is 0 Å². The van der Waals surface area contributed by atoms with Crippen molar-refractivity contribution in [1.82, 2.24) is 5.32 Å². The van der Waals surface area contributed by atoms with Crippen LogP contribution >= 0.6 is 0 Å². The van der Waals surface area contributed by atoms with Crippen molar-refractivity contribution in [3.8, 4) is 5.75 Å². The largest absolute Gasteiger partial charge is 0.497 e. The topological polar surface area (TPSA) is 21.3 Å². The van der Waals surface area contributed by atoms with Gasteiger partial charge in [-0.25, -0.2) is 0 Å². The Morgan fingerprint density at radius 3 is 2.93 bits per heavy atom. The molecule has 0 aromatic heterocycles. The van der Waals surface area contributed by atoms with Gasteiger partial charge in [-0.15, -0.1) is 0 Å². The predicted octanol–water partition coefficient (Wildman–Crippen LogP) is 2.71. The zero-order chi connectivity index (χ0) is 11.1. The monoisotopic (exact) mass is 211 g/mol. The molecule has 0 aliphatic carbocycles. The van der Waals surface area contributed by atoms with Gasteiger partial charge in [0, 0.05) is 6.04 Å². The highest BCUT2D eigenvalue weighted by Gasteiger charge is 2.04. The maximum atomic E-state index is 11.9. The van der Waals surface area contributed by atoms with Crippen LogP contribution in [0.2, 0.25) is 0 Å². The van der Waals surface area contributed by atoms with E-state index in [2.05, 4.69) is 12.2 Å². The van der Waals surface area contributed by atoms with Gasteiger partial charge < -0.3 is 10.1 Å². The molecule has 3 heteroatoms. The lowest BCUT2D eigenvalue weighted by atomic mass is 10.1. The van der Waals surface area contributed by atoms with Crippen molar-refractivity contribution in [1.29, 1.82) is 0 Å². The molecule has 0 aliphatic rings. The number of hydrogen-bond acceptors (Lipinski definition) is 2. The van der Waals surface area contributed by atoms with Gasteiger partial charge in [0.2, 0.25) is 0 Å². The molecule has 0 saturated carbocycles. The Balaban J connectivity index is 2.52. The molecule has 1 rings (SSSR count). The quantitative estimate of drug-likeness (QED) is 0.730. The van der Waals surface area contributed by atoms with E-state index in [4.69, 9.17) is 4.74 Å². The maximum absolute atomic E-state index is 11.9. The number of alkyl halides is 1. The van der Waals surface area contributed by atoms with Gasteiger partial charge in [-0.1, -0.05) is 12.1 Å². The number of rotatable bonds is 6. The molecule has 15 heavy (non-hydrogen) atoms. The van der Waals surface area contributed by atoms with Crippen LogP contribution in [0.15, 0.2) is 24.3 Å². The molecule has 0 heterocycles. The van der Waals surface area contributed by atoms with Crippen molar-refractivity contribution in [2.75, 3.05) is 20.3 Å². The first-order valence-electron chi connectivity index (χ1n) is 5.21. The fourth-order valence-electron chi connectivity index (χ4n) is 1.41. The van der Waals surface area contributed by atoms with Crippen LogP contribution in [0.1, 0.15) is 24.9 Å². The lowest BCUT2D eigenvalue weighted by molar-refractivity contribution is 0.412. The molecule has 0 radical (unpaired) electrons. The second-order valence-electron chi connectivity index (χ2n) is 3.49. The first-order valence-corrected chi connectivity index (χ1v) is 5.21. The van der Waals surface area contributed by atoms with Crippen molar-refractivity contribution >= 4 is 0 Å². The van der Waals surface area contributed by atoms with Gasteiger partial charge >= 0.3 is 0 Å². The van der Waals surface area contributed by atoms with Crippen LogP contribution in [0.4, 0.5) is 4.39 Å². The van der Waals surface area contributed by atoms with E-state index >= 15 is 0 Å². The molecule has 0 amide bonds. The van der Waals surface area contributed by atoms with E-state index in [0.29, 0.717) is 13.0 Å². The van der Waals surface area contributed by atoms with Gasteiger partial charge in [0.05, 0.1) is 13.8 Å². The minimum Gasteiger partial charge on any atom is -0.497 e. The second-order valence-corrected chi connectivity index (χ2v) is 3.49. The molecular formula is C12H18FNO. The summed E-state index contributed by atoms with van der Waals surface area (Å²) in [6, 6.07) is 8.13. The molecular weight excluding hydrogens is 193 g/mol. The summed E-state index contributed by atoms with van der Waals surface area (Å²) in [7, 11) is 1.65. The van der Waals surface area contributed by atoms with E-state index in [0.717, 1.165) is 11.3 Å². The minimum absolute atomic E-state index is 0.228. The highest BCUT2D eigenvalue weighted by molar-refractivity contribution is 5.30. The summed E-state index contributed by atoms with van der Waals surface area (Å²) < 4.78 is 17.0. The van der Waals surface area contributed by atoms with Gasteiger partial charge in [0.1, 0.15) is 5.75 Å². The highest BCUT2D eigenvalue weighted by atomic mass is 19.1. The molecule has 0 fully saturated rings. The molecule has 0 saturated heterocycles. The maximum Gasteiger partial charge on any atom is 0.119 e. The third kappa shape index (κ3) is 3.88. The summed E-state index contributed by atoms with van der Waals surface area (Å²) in [4.78, 5) is 0. The van der Waals surface area contributed by atoms with Crippen LogP contribution in [0, 0.1) is 0 Å². The summed E-state index contributed by atoms with van der Waals surface area (Å²) >= 11 is 0. The van der Waals surface area contributed by atoms with E-state index in [-0.39, 0.29) is 12.7 Å². The molecule has 1 aromatic carbocycles. The van der Waals surface area contributed by atoms with Crippen LogP contribution in [0.5, 0.6) is 5.75 Å². The smallest absolute Gasteiger partial charge is 0.119 e.